The first-order valence-electron chi connectivity index (χ1n) is 9.23. The molecule has 2 aromatic rings. The second-order valence-electron chi connectivity index (χ2n) is 6.87. The Hall–Kier alpha value is -2.51. The maximum absolute atomic E-state index is 11.7. The summed E-state index contributed by atoms with van der Waals surface area (Å²) in [4.78, 5) is 24.7. The molecule has 0 unspecified atom stereocenters. The smallest absolute Gasteiger partial charge is 0.236 e. The fraction of sp³-hybridized carbons (Fsp3) is 0.450. The van der Waals surface area contributed by atoms with E-state index in [9.17, 15) is 4.79 Å². The number of carbonyl (C=O) groups is 1. The van der Waals surface area contributed by atoms with Crippen molar-refractivity contribution in [1.29, 1.82) is 0 Å². The van der Waals surface area contributed by atoms with Crippen LogP contribution in [0.4, 0.5) is 5.95 Å². The van der Waals surface area contributed by atoms with Crippen LogP contribution in [0, 0.1) is 0 Å². The quantitative estimate of drug-likeness (QED) is 0.799. The van der Waals surface area contributed by atoms with Crippen molar-refractivity contribution >= 4 is 11.9 Å². The standard InChI is InChI=1S/C20H27N5O2/c1-24(19(26)10-21)13-15-5-3-6-16(9-15)17-11-22-20(23-12-17)25-8-4-7-18(25)14-27-2/h3,5-6,9,11-12,18H,4,7-8,10,13-14,21H2,1-2H3/t18-/m1/s1. The van der Waals surface area contributed by atoms with Crippen LogP contribution in [0.1, 0.15) is 18.4 Å². The summed E-state index contributed by atoms with van der Waals surface area (Å²) in [6.45, 7) is 2.20. The lowest BCUT2D eigenvalue weighted by Crippen LogP contribution is -2.34. The number of likely N-dealkylation sites (N-methyl/N-ethyl adjacent to an activating group) is 1. The van der Waals surface area contributed by atoms with Crippen molar-refractivity contribution in [3.05, 3.63) is 42.2 Å². The summed E-state index contributed by atoms with van der Waals surface area (Å²) in [6.07, 6.45) is 5.96. The van der Waals surface area contributed by atoms with Crippen molar-refractivity contribution < 1.29 is 9.53 Å². The van der Waals surface area contributed by atoms with Gasteiger partial charge in [0.2, 0.25) is 11.9 Å². The third-order valence-electron chi connectivity index (χ3n) is 4.91. The number of benzene rings is 1. The van der Waals surface area contributed by atoms with Crippen LogP contribution in [0.5, 0.6) is 0 Å². The van der Waals surface area contributed by atoms with Gasteiger partial charge in [-0.25, -0.2) is 9.97 Å². The van der Waals surface area contributed by atoms with E-state index in [1.54, 1.807) is 19.1 Å². The Morgan fingerprint density at radius 3 is 2.81 bits per heavy atom. The van der Waals surface area contributed by atoms with E-state index in [-0.39, 0.29) is 12.5 Å². The predicted molar refractivity (Wildman–Crippen MR) is 105 cm³/mol. The van der Waals surface area contributed by atoms with Gasteiger partial charge in [-0.3, -0.25) is 4.79 Å². The molecule has 0 bridgehead atoms. The lowest BCUT2D eigenvalue weighted by Gasteiger charge is -2.23. The van der Waals surface area contributed by atoms with Gasteiger partial charge in [0, 0.05) is 45.2 Å². The van der Waals surface area contributed by atoms with Crippen LogP contribution in [-0.4, -0.2) is 60.7 Å². The van der Waals surface area contributed by atoms with E-state index < -0.39 is 0 Å². The molecule has 1 saturated heterocycles. The van der Waals surface area contributed by atoms with Gasteiger partial charge in [-0.05, 0) is 30.0 Å². The van der Waals surface area contributed by atoms with Crippen molar-refractivity contribution in [2.45, 2.75) is 25.4 Å². The van der Waals surface area contributed by atoms with Gasteiger partial charge in [-0.2, -0.15) is 0 Å². The van der Waals surface area contributed by atoms with E-state index in [1.165, 1.54) is 0 Å². The van der Waals surface area contributed by atoms with E-state index in [2.05, 4.69) is 20.9 Å². The number of carbonyl (C=O) groups excluding carboxylic acids is 1. The molecule has 144 valence electrons. The molecule has 2 N–H and O–H groups in total. The van der Waals surface area contributed by atoms with Gasteiger partial charge in [0.25, 0.3) is 0 Å². The number of hydrogen-bond acceptors (Lipinski definition) is 6. The van der Waals surface area contributed by atoms with Gasteiger partial charge >= 0.3 is 0 Å². The minimum absolute atomic E-state index is 0.0199. The third-order valence-corrected chi connectivity index (χ3v) is 4.91. The van der Waals surface area contributed by atoms with Crippen molar-refractivity contribution in [3.8, 4) is 11.1 Å². The van der Waals surface area contributed by atoms with Gasteiger partial charge in [-0.15, -0.1) is 0 Å². The molecule has 0 saturated carbocycles. The summed E-state index contributed by atoms with van der Waals surface area (Å²) in [6, 6.07) is 8.41. The first-order chi connectivity index (χ1) is 13.1. The van der Waals surface area contributed by atoms with E-state index in [0.717, 1.165) is 42.0 Å². The van der Waals surface area contributed by atoms with E-state index >= 15 is 0 Å². The summed E-state index contributed by atoms with van der Waals surface area (Å²) in [7, 11) is 3.48. The maximum atomic E-state index is 11.7. The summed E-state index contributed by atoms with van der Waals surface area (Å²) in [5.74, 6) is 0.673. The average molecular weight is 369 g/mol. The largest absolute Gasteiger partial charge is 0.383 e. The number of anilines is 1. The average Bonchev–Trinajstić information content (AvgIpc) is 3.16. The minimum atomic E-state index is -0.0793. The molecule has 3 rings (SSSR count). The molecule has 7 nitrogen and oxygen atoms in total. The van der Waals surface area contributed by atoms with E-state index in [1.807, 2.05) is 30.6 Å². The monoisotopic (exact) mass is 369 g/mol. The number of nitrogens with zero attached hydrogens (tertiary/aromatic N) is 4. The predicted octanol–water partition coefficient (Wildman–Crippen LogP) is 1.68. The number of amides is 1. The fourth-order valence-electron chi connectivity index (χ4n) is 3.45. The molecule has 1 aliphatic rings. The van der Waals surface area contributed by atoms with Crippen LogP contribution in [0.3, 0.4) is 0 Å². The Labute approximate surface area is 160 Å². The van der Waals surface area contributed by atoms with Crippen LogP contribution >= 0.6 is 0 Å². The zero-order valence-electron chi connectivity index (χ0n) is 16.0. The van der Waals surface area contributed by atoms with Crippen LogP contribution < -0.4 is 10.6 Å². The van der Waals surface area contributed by atoms with Crippen LogP contribution in [0.15, 0.2) is 36.7 Å². The van der Waals surface area contributed by atoms with E-state index in [4.69, 9.17) is 10.5 Å². The van der Waals surface area contributed by atoms with Gasteiger partial charge in [-0.1, -0.05) is 18.2 Å². The van der Waals surface area contributed by atoms with Gasteiger partial charge in [0.1, 0.15) is 0 Å². The number of hydrogen-bond donors (Lipinski definition) is 1. The van der Waals surface area contributed by atoms with Gasteiger partial charge < -0.3 is 20.3 Å². The molecule has 7 heteroatoms. The molecule has 0 aliphatic carbocycles. The summed E-state index contributed by atoms with van der Waals surface area (Å²) in [5, 5.41) is 0. The number of nitrogens with two attached hydrogens (primary N) is 1. The summed E-state index contributed by atoms with van der Waals surface area (Å²) in [5.41, 5.74) is 8.45. The fourth-order valence-corrected chi connectivity index (χ4v) is 3.45. The first-order valence-corrected chi connectivity index (χ1v) is 9.23. The third kappa shape index (κ3) is 4.61. The lowest BCUT2D eigenvalue weighted by atomic mass is 10.1. The number of aromatic nitrogens is 2. The second-order valence-corrected chi connectivity index (χ2v) is 6.87. The Balaban J connectivity index is 1.73. The summed E-state index contributed by atoms with van der Waals surface area (Å²) < 4.78 is 5.31. The van der Waals surface area contributed by atoms with E-state index in [0.29, 0.717) is 19.2 Å². The first kappa shape index (κ1) is 19.3. The molecule has 1 amide bonds. The molecule has 1 atom stereocenters. The highest BCUT2D eigenvalue weighted by Gasteiger charge is 2.26. The Kier molecular flexibility index (Phi) is 6.36. The zero-order valence-corrected chi connectivity index (χ0v) is 16.0. The number of ether oxygens (including phenoxy) is 1. The Bertz CT molecular complexity index is 765. The van der Waals surface area contributed by atoms with Crippen LogP contribution in [0.25, 0.3) is 11.1 Å². The maximum Gasteiger partial charge on any atom is 0.236 e. The van der Waals surface area contributed by atoms with Crippen molar-refractivity contribution in [2.24, 2.45) is 5.73 Å². The number of rotatable bonds is 7. The lowest BCUT2D eigenvalue weighted by molar-refractivity contribution is -0.128. The molecule has 2 heterocycles. The molecular formula is C20H27N5O2. The van der Waals surface area contributed by atoms with Crippen molar-refractivity contribution in [1.82, 2.24) is 14.9 Å². The normalized spacial score (nSPS) is 16.6. The Morgan fingerprint density at radius 1 is 1.33 bits per heavy atom. The minimum Gasteiger partial charge on any atom is -0.383 e. The molecular weight excluding hydrogens is 342 g/mol. The molecule has 1 aromatic carbocycles. The molecule has 0 spiro atoms. The van der Waals surface area contributed by atoms with Gasteiger partial charge in [0.05, 0.1) is 19.2 Å². The second kappa shape index (κ2) is 8.92. The molecule has 1 aromatic heterocycles. The van der Waals surface area contributed by atoms with Crippen molar-refractivity contribution in [2.75, 3.05) is 38.8 Å². The molecule has 27 heavy (non-hydrogen) atoms. The van der Waals surface area contributed by atoms with Crippen LogP contribution in [0.2, 0.25) is 0 Å². The Morgan fingerprint density at radius 2 is 2.11 bits per heavy atom. The highest BCUT2D eigenvalue weighted by Crippen LogP contribution is 2.25. The highest BCUT2D eigenvalue weighted by molar-refractivity contribution is 5.77. The molecule has 1 fully saturated rings. The SMILES string of the molecule is COC[C@H]1CCCN1c1ncc(-c2cccc(CN(C)C(=O)CN)c2)cn1. The zero-order chi connectivity index (χ0) is 19.2. The topological polar surface area (TPSA) is 84.6 Å². The van der Waals surface area contributed by atoms with Crippen LogP contribution in [-0.2, 0) is 16.1 Å². The molecule has 0 radical (unpaired) electrons. The number of methoxy groups -OCH3 is 1. The summed E-state index contributed by atoms with van der Waals surface area (Å²) >= 11 is 0. The molecule has 1 aliphatic heterocycles. The van der Waals surface area contributed by atoms with Crippen molar-refractivity contribution in [3.63, 3.8) is 0 Å². The van der Waals surface area contributed by atoms with Gasteiger partial charge in [0.15, 0.2) is 0 Å². The highest BCUT2D eigenvalue weighted by atomic mass is 16.5.